The third kappa shape index (κ3) is 4.50. The molecule has 2 aliphatic carbocycles. The number of hydrogen-bond acceptors (Lipinski definition) is 1. The number of carboxylic acid groups (broad SMARTS) is 1. The van der Waals surface area contributed by atoms with Gasteiger partial charge in [0.1, 0.15) is 0 Å². The lowest BCUT2D eigenvalue weighted by Gasteiger charge is -2.37. The summed E-state index contributed by atoms with van der Waals surface area (Å²) in [5.41, 5.74) is 0. The SMILES string of the molecule is CC[C@H]1CC[C@H]([C@H]2CC[C@H](CCC(=O)O)CC2)CC1. The van der Waals surface area contributed by atoms with Gasteiger partial charge in [0.05, 0.1) is 0 Å². The highest BCUT2D eigenvalue weighted by molar-refractivity contribution is 5.66. The molecular formula is C17H30O2. The first-order valence-electron chi connectivity index (χ1n) is 8.40. The summed E-state index contributed by atoms with van der Waals surface area (Å²) < 4.78 is 0. The molecular weight excluding hydrogens is 236 g/mol. The van der Waals surface area contributed by atoms with Gasteiger partial charge in [-0.1, -0.05) is 39.0 Å². The van der Waals surface area contributed by atoms with Gasteiger partial charge in [0.15, 0.2) is 0 Å². The Morgan fingerprint density at radius 2 is 1.37 bits per heavy atom. The Hall–Kier alpha value is -0.530. The van der Waals surface area contributed by atoms with Crippen LogP contribution in [0.4, 0.5) is 0 Å². The van der Waals surface area contributed by atoms with Gasteiger partial charge in [-0.25, -0.2) is 0 Å². The van der Waals surface area contributed by atoms with Crippen LogP contribution in [0.5, 0.6) is 0 Å². The Balaban J connectivity index is 1.67. The average Bonchev–Trinajstić information content (AvgIpc) is 2.46. The van der Waals surface area contributed by atoms with Crippen LogP contribution in [-0.4, -0.2) is 11.1 Å². The fraction of sp³-hybridized carbons (Fsp3) is 0.941. The molecule has 2 saturated carbocycles. The lowest BCUT2D eigenvalue weighted by molar-refractivity contribution is -0.137. The van der Waals surface area contributed by atoms with Gasteiger partial charge in [-0.15, -0.1) is 0 Å². The molecule has 0 spiro atoms. The fourth-order valence-corrected chi connectivity index (χ4v) is 4.34. The van der Waals surface area contributed by atoms with Crippen molar-refractivity contribution in [2.75, 3.05) is 0 Å². The first-order valence-corrected chi connectivity index (χ1v) is 8.40. The minimum Gasteiger partial charge on any atom is -0.481 e. The second kappa shape index (κ2) is 7.31. The highest BCUT2D eigenvalue weighted by Gasteiger charge is 2.30. The Morgan fingerprint density at radius 1 is 0.895 bits per heavy atom. The van der Waals surface area contributed by atoms with Crippen molar-refractivity contribution in [1.29, 1.82) is 0 Å². The Labute approximate surface area is 118 Å². The van der Waals surface area contributed by atoms with E-state index in [1.807, 2.05) is 0 Å². The van der Waals surface area contributed by atoms with Crippen LogP contribution in [0.1, 0.15) is 77.6 Å². The molecule has 0 radical (unpaired) electrons. The third-order valence-corrected chi connectivity index (χ3v) is 5.79. The Bertz CT molecular complexity index is 271. The maximum atomic E-state index is 10.6. The third-order valence-electron chi connectivity index (χ3n) is 5.79. The molecule has 2 rings (SSSR count). The molecule has 1 N–H and O–H groups in total. The van der Waals surface area contributed by atoms with Gasteiger partial charge < -0.3 is 5.11 Å². The Morgan fingerprint density at radius 3 is 1.79 bits per heavy atom. The topological polar surface area (TPSA) is 37.3 Å². The van der Waals surface area contributed by atoms with Crippen LogP contribution in [0.3, 0.4) is 0 Å². The summed E-state index contributed by atoms with van der Waals surface area (Å²) in [6.07, 6.45) is 13.8. The van der Waals surface area contributed by atoms with Crippen molar-refractivity contribution in [2.24, 2.45) is 23.7 Å². The smallest absolute Gasteiger partial charge is 0.303 e. The minimum atomic E-state index is -0.625. The van der Waals surface area contributed by atoms with Gasteiger partial charge in [0.25, 0.3) is 0 Å². The summed E-state index contributed by atoms with van der Waals surface area (Å²) in [6.45, 7) is 2.33. The predicted molar refractivity (Wildman–Crippen MR) is 78.1 cm³/mol. The zero-order valence-electron chi connectivity index (χ0n) is 12.4. The van der Waals surface area contributed by atoms with Gasteiger partial charge in [-0.2, -0.15) is 0 Å². The van der Waals surface area contributed by atoms with E-state index in [2.05, 4.69) is 6.92 Å². The van der Waals surface area contributed by atoms with Crippen LogP contribution >= 0.6 is 0 Å². The lowest BCUT2D eigenvalue weighted by Crippen LogP contribution is -2.25. The summed E-state index contributed by atoms with van der Waals surface area (Å²) in [7, 11) is 0. The molecule has 2 aliphatic rings. The van der Waals surface area contributed by atoms with Crippen LogP contribution in [0.15, 0.2) is 0 Å². The molecule has 0 aromatic heterocycles. The molecule has 0 aromatic rings. The van der Waals surface area contributed by atoms with E-state index in [0.717, 1.165) is 24.2 Å². The van der Waals surface area contributed by atoms with Crippen LogP contribution in [-0.2, 0) is 4.79 Å². The van der Waals surface area contributed by atoms with Gasteiger partial charge in [-0.3, -0.25) is 4.79 Å². The molecule has 0 unspecified atom stereocenters. The van der Waals surface area contributed by atoms with Crippen LogP contribution in [0.2, 0.25) is 0 Å². The first kappa shape index (κ1) is 14.9. The van der Waals surface area contributed by atoms with E-state index in [1.54, 1.807) is 0 Å². The van der Waals surface area contributed by atoms with Crippen molar-refractivity contribution >= 4 is 5.97 Å². The monoisotopic (exact) mass is 266 g/mol. The van der Waals surface area contributed by atoms with Crippen molar-refractivity contribution in [3.63, 3.8) is 0 Å². The molecule has 110 valence electrons. The first-order chi connectivity index (χ1) is 9.19. The van der Waals surface area contributed by atoms with Crippen LogP contribution < -0.4 is 0 Å². The van der Waals surface area contributed by atoms with Crippen molar-refractivity contribution in [1.82, 2.24) is 0 Å². The van der Waals surface area contributed by atoms with Crippen molar-refractivity contribution in [3.8, 4) is 0 Å². The van der Waals surface area contributed by atoms with E-state index in [-0.39, 0.29) is 0 Å². The van der Waals surface area contributed by atoms with Crippen molar-refractivity contribution in [3.05, 3.63) is 0 Å². The highest BCUT2D eigenvalue weighted by Crippen LogP contribution is 2.42. The standard InChI is InChI=1S/C17H30O2/c1-2-13-3-8-15(9-4-13)16-10-5-14(6-11-16)7-12-17(18)19/h13-16H,2-12H2,1H3,(H,18,19)/t13-,14-,15-,16-. The van der Waals surface area contributed by atoms with Crippen molar-refractivity contribution < 1.29 is 9.90 Å². The maximum absolute atomic E-state index is 10.6. The fourth-order valence-electron chi connectivity index (χ4n) is 4.34. The average molecular weight is 266 g/mol. The summed E-state index contributed by atoms with van der Waals surface area (Å²) in [4.78, 5) is 10.6. The molecule has 0 aromatic carbocycles. The van der Waals surface area contributed by atoms with Gasteiger partial charge in [0, 0.05) is 6.42 Å². The predicted octanol–water partition coefficient (Wildman–Crippen LogP) is 4.87. The van der Waals surface area contributed by atoms with E-state index in [0.29, 0.717) is 12.3 Å². The van der Waals surface area contributed by atoms with Crippen LogP contribution in [0, 0.1) is 23.7 Å². The maximum Gasteiger partial charge on any atom is 0.303 e. The summed E-state index contributed by atoms with van der Waals surface area (Å²) in [5.74, 6) is 3.02. The molecule has 0 aliphatic heterocycles. The zero-order valence-corrected chi connectivity index (χ0v) is 12.4. The minimum absolute atomic E-state index is 0.372. The number of aliphatic carboxylic acids is 1. The second-order valence-corrected chi connectivity index (χ2v) is 6.90. The van der Waals surface area contributed by atoms with Gasteiger partial charge in [0.2, 0.25) is 0 Å². The van der Waals surface area contributed by atoms with Gasteiger partial charge in [-0.05, 0) is 55.8 Å². The molecule has 0 heterocycles. The number of hydrogen-bond donors (Lipinski definition) is 1. The summed E-state index contributed by atoms with van der Waals surface area (Å²) in [5, 5.41) is 8.75. The largest absolute Gasteiger partial charge is 0.481 e. The molecule has 0 atom stereocenters. The molecule has 2 fully saturated rings. The van der Waals surface area contributed by atoms with Gasteiger partial charge >= 0.3 is 5.97 Å². The van der Waals surface area contributed by atoms with E-state index < -0.39 is 5.97 Å². The number of carboxylic acids is 1. The quantitative estimate of drug-likeness (QED) is 0.770. The van der Waals surface area contributed by atoms with E-state index in [9.17, 15) is 4.79 Å². The lowest BCUT2D eigenvalue weighted by atomic mass is 9.68. The number of carbonyl (C=O) groups is 1. The number of rotatable bonds is 5. The van der Waals surface area contributed by atoms with Crippen molar-refractivity contribution in [2.45, 2.75) is 77.6 Å². The molecule has 19 heavy (non-hydrogen) atoms. The van der Waals surface area contributed by atoms with E-state index >= 15 is 0 Å². The summed E-state index contributed by atoms with van der Waals surface area (Å²) >= 11 is 0. The molecule has 2 nitrogen and oxygen atoms in total. The van der Waals surface area contributed by atoms with Crippen LogP contribution in [0.25, 0.3) is 0 Å². The zero-order chi connectivity index (χ0) is 13.7. The summed E-state index contributed by atoms with van der Waals surface area (Å²) in [6, 6.07) is 0. The second-order valence-electron chi connectivity index (χ2n) is 6.90. The van der Waals surface area contributed by atoms with E-state index in [1.165, 1.54) is 57.8 Å². The van der Waals surface area contributed by atoms with E-state index in [4.69, 9.17) is 5.11 Å². The Kier molecular flexibility index (Phi) is 5.72. The highest BCUT2D eigenvalue weighted by atomic mass is 16.4. The molecule has 2 heteroatoms. The molecule has 0 bridgehead atoms. The molecule has 0 saturated heterocycles. The molecule has 0 amide bonds. The normalized spacial score (nSPS) is 36.1.